The van der Waals surface area contributed by atoms with E-state index in [0.29, 0.717) is 6.04 Å². The zero-order chi connectivity index (χ0) is 11.7. The molecule has 3 nitrogen and oxygen atoms in total. The average Bonchev–Trinajstić information content (AvgIpc) is 2.71. The molecule has 1 heterocycles. The van der Waals surface area contributed by atoms with E-state index in [1.54, 1.807) is 6.33 Å². The second-order valence-electron chi connectivity index (χ2n) is 4.12. The van der Waals surface area contributed by atoms with Gasteiger partial charge in [-0.15, -0.1) is 10.2 Å². The van der Waals surface area contributed by atoms with Crippen LogP contribution in [0.5, 0.6) is 0 Å². The lowest BCUT2D eigenvalue weighted by Crippen LogP contribution is -2.01. The fourth-order valence-electron chi connectivity index (χ4n) is 1.61. The average molecular weight is 236 g/mol. The van der Waals surface area contributed by atoms with Gasteiger partial charge in [-0.05, 0) is 44.5 Å². The van der Waals surface area contributed by atoms with Crippen LogP contribution in [0, 0.1) is 6.92 Å². The van der Waals surface area contributed by atoms with Crippen LogP contribution in [-0.4, -0.2) is 14.8 Å². The Morgan fingerprint density at radius 1 is 1.31 bits per heavy atom. The van der Waals surface area contributed by atoms with Crippen molar-refractivity contribution in [3.63, 3.8) is 0 Å². The van der Waals surface area contributed by atoms with E-state index in [4.69, 9.17) is 11.6 Å². The van der Waals surface area contributed by atoms with Crippen molar-refractivity contribution in [1.82, 2.24) is 14.8 Å². The zero-order valence-corrected chi connectivity index (χ0v) is 10.4. The summed E-state index contributed by atoms with van der Waals surface area (Å²) in [5, 5.41) is 8.88. The van der Waals surface area contributed by atoms with Gasteiger partial charge >= 0.3 is 0 Å². The molecule has 4 heteroatoms. The molecule has 0 spiro atoms. The summed E-state index contributed by atoms with van der Waals surface area (Å²) in [5.74, 6) is 0.884. The van der Waals surface area contributed by atoms with Gasteiger partial charge in [0.1, 0.15) is 6.33 Å². The van der Waals surface area contributed by atoms with Gasteiger partial charge in [0.25, 0.3) is 0 Å². The van der Waals surface area contributed by atoms with Crippen LogP contribution >= 0.6 is 11.6 Å². The first kappa shape index (κ1) is 11.1. The van der Waals surface area contributed by atoms with Gasteiger partial charge in [0.05, 0.1) is 0 Å². The largest absolute Gasteiger partial charge is 0.311 e. The molecule has 1 aromatic heterocycles. The van der Waals surface area contributed by atoms with Crippen molar-refractivity contribution in [2.75, 3.05) is 0 Å². The number of rotatable bonds is 2. The molecule has 1 aromatic carbocycles. The van der Waals surface area contributed by atoms with Gasteiger partial charge < -0.3 is 4.57 Å². The van der Waals surface area contributed by atoms with E-state index in [2.05, 4.69) is 24.0 Å². The molecule has 16 heavy (non-hydrogen) atoms. The number of halogens is 1. The minimum atomic E-state index is 0.348. The van der Waals surface area contributed by atoms with Crippen LogP contribution in [0.25, 0.3) is 11.4 Å². The molecule has 0 radical (unpaired) electrons. The Kier molecular flexibility index (Phi) is 2.97. The number of nitrogens with zero attached hydrogens (tertiary/aromatic N) is 3. The minimum Gasteiger partial charge on any atom is -0.311 e. The molecule has 0 saturated heterocycles. The van der Waals surface area contributed by atoms with Gasteiger partial charge in [0.2, 0.25) is 0 Å². The van der Waals surface area contributed by atoms with Crippen LogP contribution in [0.4, 0.5) is 0 Å². The normalized spacial score (nSPS) is 11.1. The van der Waals surface area contributed by atoms with Crippen LogP contribution in [0.1, 0.15) is 25.5 Å². The number of benzene rings is 1. The van der Waals surface area contributed by atoms with Gasteiger partial charge in [-0.1, -0.05) is 11.6 Å². The van der Waals surface area contributed by atoms with Crippen molar-refractivity contribution < 1.29 is 0 Å². The number of hydrogen-bond donors (Lipinski definition) is 0. The monoisotopic (exact) mass is 235 g/mol. The second-order valence-corrected chi connectivity index (χ2v) is 4.53. The van der Waals surface area contributed by atoms with E-state index >= 15 is 0 Å². The summed E-state index contributed by atoms with van der Waals surface area (Å²) in [6, 6.07) is 6.25. The fraction of sp³-hybridized carbons (Fsp3) is 0.333. The van der Waals surface area contributed by atoms with Gasteiger partial charge in [0, 0.05) is 16.6 Å². The molecule has 0 aliphatic carbocycles. The topological polar surface area (TPSA) is 30.7 Å². The number of aromatic nitrogens is 3. The molecule has 2 aromatic rings. The smallest absolute Gasteiger partial charge is 0.163 e. The van der Waals surface area contributed by atoms with Crippen LogP contribution < -0.4 is 0 Å². The van der Waals surface area contributed by atoms with Crippen LogP contribution in [-0.2, 0) is 0 Å². The maximum atomic E-state index is 6.00. The van der Waals surface area contributed by atoms with E-state index in [9.17, 15) is 0 Å². The molecule has 0 N–H and O–H groups in total. The second kappa shape index (κ2) is 4.26. The highest BCUT2D eigenvalue weighted by atomic mass is 35.5. The Balaban J connectivity index is 2.50. The highest BCUT2D eigenvalue weighted by Crippen LogP contribution is 2.24. The first-order chi connectivity index (χ1) is 7.59. The third kappa shape index (κ3) is 1.95. The van der Waals surface area contributed by atoms with Gasteiger partial charge in [0.15, 0.2) is 5.82 Å². The van der Waals surface area contributed by atoms with Crippen molar-refractivity contribution in [2.24, 2.45) is 0 Å². The lowest BCUT2D eigenvalue weighted by atomic mass is 10.1. The highest BCUT2D eigenvalue weighted by Gasteiger charge is 2.10. The number of aryl methyl sites for hydroxylation is 1. The van der Waals surface area contributed by atoms with E-state index < -0.39 is 0 Å². The zero-order valence-electron chi connectivity index (χ0n) is 9.61. The predicted octanol–water partition coefficient (Wildman–Crippen LogP) is 3.49. The third-order valence-electron chi connectivity index (χ3n) is 2.55. The number of hydrogen-bond acceptors (Lipinski definition) is 2. The van der Waals surface area contributed by atoms with Crippen molar-refractivity contribution in [1.29, 1.82) is 0 Å². The molecular weight excluding hydrogens is 222 g/mol. The highest BCUT2D eigenvalue weighted by molar-refractivity contribution is 6.31. The summed E-state index contributed by atoms with van der Waals surface area (Å²) in [7, 11) is 0. The molecule has 0 aliphatic rings. The SMILES string of the molecule is Cc1cc(-c2nncn2C(C)C)ccc1Cl. The Morgan fingerprint density at radius 2 is 2.06 bits per heavy atom. The maximum Gasteiger partial charge on any atom is 0.163 e. The summed E-state index contributed by atoms with van der Waals surface area (Å²) < 4.78 is 2.04. The van der Waals surface area contributed by atoms with Crippen LogP contribution in [0.3, 0.4) is 0 Å². The van der Waals surface area contributed by atoms with E-state index in [1.165, 1.54) is 0 Å². The molecule has 2 rings (SSSR count). The standard InChI is InChI=1S/C12H14ClN3/c1-8(2)16-7-14-15-12(16)10-4-5-11(13)9(3)6-10/h4-8H,1-3H3. The van der Waals surface area contributed by atoms with Crippen molar-refractivity contribution in [3.8, 4) is 11.4 Å². The molecule has 84 valence electrons. The molecule has 0 bridgehead atoms. The Labute approximate surface area is 100 Å². The fourth-order valence-corrected chi connectivity index (χ4v) is 1.73. The maximum absolute atomic E-state index is 6.00. The summed E-state index contributed by atoms with van der Waals surface area (Å²) in [6.45, 7) is 6.20. The first-order valence-electron chi connectivity index (χ1n) is 5.25. The Morgan fingerprint density at radius 3 is 2.69 bits per heavy atom. The third-order valence-corrected chi connectivity index (χ3v) is 2.97. The Bertz CT molecular complexity index is 503. The molecule has 0 amide bonds. The minimum absolute atomic E-state index is 0.348. The molecule has 0 aliphatic heterocycles. The molecule has 0 saturated carbocycles. The summed E-state index contributed by atoms with van der Waals surface area (Å²) in [5.41, 5.74) is 2.10. The predicted molar refractivity (Wildman–Crippen MR) is 65.6 cm³/mol. The molecule has 0 unspecified atom stereocenters. The Hall–Kier alpha value is -1.35. The lowest BCUT2D eigenvalue weighted by molar-refractivity contribution is 0.604. The first-order valence-corrected chi connectivity index (χ1v) is 5.63. The lowest BCUT2D eigenvalue weighted by Gasteiger charge is -2.10. The summed E-state index contributed by atoms with van der Waals surface area (Å²) in [4.78, 5) is 0. The van der Waals surface area contributed by atoms with E-state index in [0.717, 1.165) is 22.0 Å². The van der Waals surface area contributed by atoms with Gasteiger partial charge in [-0.3, -0.25) is 0 Å². The van der Waals surface area contributed by atoms with Crippen LogP contribution in [0.15, 0.2) is 24.5 Å². The van der Waals surface area contributed by atoms with E-state index in [-0.39, 0.29) is 0 Å². The van der Waals surface area contributed by atoms with Gasteiger partial charge in [-0.2, -0.15) is 0 Å². The van der Waals surface area contributed by atoms with Crippen molar-refractivity contribution in [3.05, 3.63) is 35.1 Å². The van der Waals surface area contributed by atoms with Crippen molar-refractivity contribution >= 4 is 11.6 Å². The van der Waals surface area contributed by atoms with Crippen molar-refractivity contribution in [2.45, 2.75) is 26.8 Å². The van der Waals surface area contributed by atoms with Gasteiger partial charge in [-0.25, -0.2) is 0 Å². The van der Waals surface area contributed by atoms with E-state index in [1.807, 2.05) is 29.7 Å². The molecule has 0 atom stereocenters. The summed E-state index contributed by atoms with van der Waals surface area (Å²) >= 11 is 6.00. The molecule has 0 fully saturated rings. The quantitative estimate of drug-likeness (QED) is 0.798. The molecular formula is C12H14ClN3. The van der Waals surface area contributed by atoms with Crippen LogP contribution in [0.2, 0.25) is 5.02 Å². The summed E-state index contributed by atoms with van der Waals surface area (Å²) in [6.07, 6.45) is 1.75.